The molecule has 3 aliphatic rings. The molecule has 0 bridgehead atoms. The lowest BCUT2D eigenvalue weighted by molar-refractivity contribution is -0.142. The van der Waals surface area contributed by atoms with Gasteiger partial charge in [0.2, 0.25) is 0 Å². The number of esters is 1. The van der Waals surface area contributed by atoms with Crippen LogP contribution in [-0.4, -0.2) is 42.9 Å². The summed E-state index contributed by atoms with van der Waals surface area (Å²) in [6.45, 7) is 6.63. The Morgan fingerprint density at radius 3 is 2.69 bits per heavy atom. The smallest absolute Gasteiger partial charge is 0.336 e. The van der Waals surface area contributed by atoms with E-state index in [1.54, 1.807) is 6.26 Å². The van der Waals surface area contributed by atoms with Gasteiger partial charge in [0.15, 0.2) is 0 Å². The van der Waals surface area contributed by atoms with E-state index in [9.17, 15) is 9.59 Å². The molecule has 0 spiro atoms. The van der Waals surface area contributed by atoms with Gasteiger partial charge in [0, 0.05) is 41.8 Å². The summed E-state index contributed by atoms with van der Waals surface area (Å²) in [4.78, 5) is 32.1. The van der Waals surface area contributed by atoms with Crippen LogP contribution in [0.3, 0.4) is 0 Å². The van der Waals surface area contributed by atoms with Crippen LogP contribution in [0.5, 0.6) is 5.75 Å². The van der Waals surface area contributed by atoms with Crippen LogP contribution in [0.25, 0.3) is 0 Å². The predicted octanol–water partition coefficient (Wildman–Crippen LogP) is 5.36. The van der Waals surface area contributed by atoms with Crippen LogP contribution >= 0.6 is 0 Å². The van der Waals surface area contributed by atoms with E-state index in [-0.39, 0.29) is 30.5 Å². The van der Waals surface area contributed by atoms with Crippen molar-refractivity contribution in [1.82, 2.24) is 0 Å². The number of ketones is 1. The fraction of sp³-hybridized carbons (Fsp3) is 0.483. The van der Waals surface area contributed by atoms with Crippen molar-refractivity contribution in [3.63, 3.8) is 0 Å². The quantitative estimate of drug-likeness (QED) is 0.484. The van der Waals surface area contributed by atoms with Crippen LogP contribution in [-0.2, 0) is 19.1 Å². The average molecular weight is 492 g/mol. The number of benzene rings is 1. The molecule has 7 nitrogen and oxygen atoms in total. The van der Waals surface area contributed by atoms with Gasteiger partial charge in [0.05, 0.1) is 30.0 Å². The molecule has 5 rings (SSSR count). The Balaban J connectivity index is 1.54. The molecule has 0 radical (unpaired) electrons. The number of carbonyl (C=O) groups excluding carboxylic acids is 2. The van der Waals surface area contributed by atoms with E-state index in [1.807, 2.05) is 57.2 Å². The second-order valence-corrected chi connectivity index (χ2v) is 10.1. The van der Waals surface area contributed by atoms with Gasteiger partial charge in [0.1, 0.15) is 23.9 Å². The molecular weight excluding hydrogens is 458 g/mol. The minimum atomic E-state index is -0.554. The first-order valence-electron chi connectivity index (χ1n) is 12.8. The predicted molar refractivity (Wildman–Crippen MR) is 134 cm³/mol. The third-order valence-electron chi connectivity index (χ3n) is 7.16. The van der Waals surface area contributed by atoms with Crippen molar-refractivity contribution in [1.29, 1.82) is 0 Å². The van der Waals surface area contributed by atoms with Crippen molar-refractivity contribution in [2.75, 3.05) is 13.2 Å². The van der Waals surface area contributed by atoms with E-state index < -0.39 is 17.8 Å². The summed E-state index contributed by atoms with van der Waals surface area (Å²) < 4.78 is 23.1. The SMILES string of the molecule is CC1=C(C(=O)OCC2CCCO2)C(c2ccccc2OC(C)C)C2C(=O)CC(c3ccco3)CC2=N1. The minimum absolute atomic E-state index is 0.0441. The number of para-hydroxylation sites is 1. The standard InChI is InChI=1S/C29H33NO6/c1-17(2)36-25-10-5-4-9-21(25)27-26(29(32)35-16-20-8-6-12-33-20)18(3)30-22-14-19(15-23(31)28(22)27)24-11-7-13-34-24/h4-5,7,9-11,13,17,19-20,27-28H,6,8,12,14-16H2,1-3H3. The van der Waals surface area contributed by atoms with Gasteiger partial charge < -0.3 is 18.6 Å². The molecule has 36 heavy (non-hydrogen) atoms. The highest BCUT2D eigenvalue weighted by atomic mass is 16.6. The van der Waals surface area contributed by atoms with Crippen LogP contribution in [0.1, 0.15) is 69.6 Å². The van der Waals surface area contributed by atoms with Crippen LogP contribution in [0.15, 0.2) is 63.3 Å². The van der Waals surface area contributed by atoms with Gasteiger partial charge in [-0.1, -0.05) is 18.2 Å². The summed E-state index contributed by atoms with van der Waals surface area (Å²) in [7, 11) is 0. The van der Waals surface area contributed by atoms with E-state index in [0.29, 0.717) is 36.5 Å². The Morgan fingerprint density at radius 1 is 1.14 bits per heavy atom. The number of nitrogens with zero attached hydrogens (tertiary/aromatic N) is 1. The first kappa shape index (κ1) is 24.5. The fourth-order valence-electron chi connectivity index (χ4n) is 5.62. The third-order valence-corrected chi connectivity index (χ3v) is 7.16. The van der Waals surface area contributed by atoms with Crippen molar-refractivity contribution in [2.45, 2.75) is 70.5 Å². The fourth-order valence-corrected chi connectivity index (χ4v) is 5.62. The van der Waals surface area contributed by atoms with Crippen LogP contribution < -0.4 is 4.74 Å². The number of aliphatic imine (C=N–C) groups is 1. The van der Waals surface area contributed by atoms with Crippen LogP contribution in [0.4, 0.5) is 0 Å². The van der Waals surface area contributed by atoms with Gasteiger partial charge in [0.25, 0.3) is 0 Å². The molecule has 2 fully saturated rings. The molecule has 2 aliphatic heterocycles. The van der Waals surface area contributed by atoms with Crippen molar-refractivity contribution in [3.8, 4) is 5.75 Å². The molecule has 190 valence electrons. The maximum atomic E-state index is 13.7. The van der Waals surface area contributed by atoms with E-state index in [0.717, 1.165) is 29.9 Å². The monoisotopic (exact) mass is 491 g/mol. The van der Waals surface area contributed by atoms with Gasteiger partial charge in [-0.2, -0.15) is 0 Å². The van der Waals surface area contributed by atoms with E-state index in [1.165, 1.54) is 0 Å². The first-order chi connectivity index (χ1) is 17.4. The Kier molecular flexibility index (Phi) is 7.10. The minimum Gasteiger partial charge on any atom is -0.491 e. The second-order valence-electron chi connectivity index (χ2n) is 10.1. The van der Waals surface area contributed by atoms with Crippen molar-refractivity contribution in [2.24, 2.45) is 10.9 Å². The summed E-state index contributed by atoms with van der Waals surface area (Å²) >= 11 is 0. The molecule has 1 saturated carbocycles. The normalized spacial score (nSPS) is 26.1. The zero-order chi connectivity index (χ0) is 25.2. The van der Waals surface area contributed by atoms with Gasteiger partial charge in [-0.3, -0.25) is 9.79 Å². The van der Waals surface area contributed by atoms with Gasteiger partial charge >= 0.3 is 5.97 Å². The van der Waals surface area contributed by atoms with Crippen LogP contribution in [0, 0.1) is 5.92 Å². The van der Waals surface area contributed by atoms with Gasteiger partial charge in [-0.15, -0.1) is 0 Å². The Morgan fingerprint density at radius 2 is 1.97 bits per heavy atom. The number of allylic oxidation sites excluding steroid dienone is 1. The molecule has 1 saturated heterocycles. The summed E-state index contributed by atoms with van der Waals surface area (Å²) in [5, 5.41) is 0. The highest BCUT2D eigenvalue weighted by molar-refractivity contribution is 6.12. The maximum absolute atomic E-state index is 13.7. The zero-order valence-corrected chi connectivity index (χ0v) is 21.1. The molecule has 0 amide bonds. The number of furan rings is 1. The molecule has 4 atom stereocenters. The van der Waals surface area contributed by atoms with E-state index in [2.05, 4.69) is 0 Å². The molecule has 4 unspecified atom stereocenters. The second kappa shape index (κ2) is 10.4. The van der Waals surface area contributed by atoms with E-state index in [4.69, 9.17) is 23.6 Å². The summed E-state index contributed by atoms with van der Waals surface area (Å²) in [6, 6.07) is 11.4. The lowest BCUT2D eigenvalue weighted by Gasteiger charge is -2.38. The molecule has 7 heteroatoms. The number of rotatable bonds is 7. The molecule has 3 heterocycles. The van der Waals surface area contributed by atoms with Crippen molar-refractivity contribution < 1.29 is 28.2 Å². The van der Waals surface area contributed by atoms with Gasteiger partial charge in [-0.25, -0.2) is 4.79 Å². The number of ether oxygens (including phenoxy) is 3. The molecule has 1 aliphatic carbocycles. The maximum Gasteiger partial charge on any atom is 0.336 e. The Labute approximate surface area is 211 Å². The number of hydrogen-bond donors (Lipinski definition) is 0. The summed E-state index contributed by atoms with van der Waals surface area (Å²) in [6.07, 6.45) is 4.25. The zero-order valence-electron chi connectivity index (χ0n) is 21.1. The number of hydrogen-bond acceptors (Lipinski definition) is 7. The first-order valence-corrected chi connectivity index (χ1v) is 12.8. The Hall–Kier alpha value is -3.19. The topological polar surface area (TPSA) is 87.3 Å². The number of carbonyl (C=O) groups is 2. The lowest BCUT2D eigenvalue weighted by Crippen LogP contribution is -2.41. The summed E-state index contributed by atoms with van der Waals surface area (Å²) in [5.74, 6) is -0.105. The molecular formula is C29H33NO6. The largest absolute Gasteiger partial charge is 0.491 e. The third kappa shape index (κ3) is 4.89. The molecule has 1 aromatic heterocycles. The van der Waals surface area contributed by atoms with Gasteiger partial charge in [-0.05, 0) is 58.2 Å². The number of Topliss-reactive ketones (excluding diaryl/α,β-unsaturated/α-hetero) is 1. The van der Waals surface area contributed by atoms with Crippen molar-refractivity contribution in [3.05, 3.63) is 65.3 Å². The highest BCUT2D eigenvalue weighted by Gasteiger charge is 2.47. The van der Waals surface area contributed by atoms with Crippen LogP contribution in [0.2, 0.25) is 0 Å². The number of fused-ring (bicyclic) bond motifs is 1. The summed E-state index contributed by atoms with van der Waals surface area (Å²) in [5.41, 5.74) is 2.59. The highest BCUT2D eigenvalue weighted by Crippen LogP contribution is 2.48. The molecule has 0 N–H and O–H groups in total. The lowest BCUT2D eigenvalue weighted by atomic mass is 9.66. The molecule has 2 aromatic rings. The van der Waals surface area contributed by atoms with Crippen molar-refractivity contribution >= 4 is 17.5 Å². The Bertz CT molecular complexity index is 1170. The molecule has 1 aromatic carbocycles. The average Bonchev–Trinajstić information content (AvgIpc) is 3.56. The van der Waals surface area contributed by atoms with E-state index >= 15 is 0 Å².